The van der Waals surface area contributed by atoms with Crippen molar-refractivity contribution in [2.75, 3.05) is 0 Å². The third kappa shape index (κ3) is 2.63. The Morgan fingerprint density at radius 2 is 1.95 bits per heavy atom. The largest absolute Gasteiger partial charge is 0.361 e. The molecule has 3 heteroatoms. The molecule has 0 unspecified atom stereocenters. The van der Waals surface area contributed by atoms with E-state index in [4.69, 9.17) is 0 Å². The van der Waals surface area contributed by atoms with Gasteiger partial charge in [0.15, 0.2) is 0 Å². The van der Waals surface area contributed by atoms with Gasteiger partial charge in [-0.1, -0.05) is 30.3 Å². The van der Waals surface area contributed by atoms with Crippen LogP contribution in [0.1, 0.15) is 21.5 Å². The number of nitrogens with one attached hydrogen (secondary N) is 2. The summed E-state index contributed by atoms with van der Waals surface area (Å²) in [5.74, 6) is 0. The van der Waals surface area contributed by atoms with Gasteiger partial charge in [-0.15, -0.1) is 0 Å². The Morgan fingerprint density at radius 1 is 1.05 bits per heavy atom. The smallest absolute Gasteiger partial charge is 0.150 e. The molecule has 0 amide bonds. The fourth-order valence-corrected chi connectivity index (χ4v) is 2.36. The molecule has 0 saturated carbocycles. The van der Waals surface area contributed by atoms with Crippen molar-refractivity contribution in [2.45, 2.75) is 13.1 Å². The van der Waals surface area contributed by atoms with Crippen molar-refractivity contribution in [1.82, 2.24) is 10.3 Å². The van der Waals surface area contributed by atoms with Crippen molar-refractivity contribution in [3.63, 3.8) is 0 Å². The van der Waals surface area contributed by atoms with E-state index in [1.54, 1.807) is 0 Å². The molecule has 100 valence electrons. The standard InChI is InChI=1S/C17H16N2O/c20-12-16-4-2-1-3-15(16)11-18-10-13-5-6-17-14(9-13)7-8-19-17/h1-9,12,18-19H,10-11H2. The molecule has 0 radical (unpaired) electrons. The lowest BCUT2D eigenvalue weighted by molar-refractivity contribution is 0.112. The van der Waals surface area contributed by atoms with Crippen LogP contribution in [0, 0.1) is 0 Å². The van der Waals surface area contributed by atoms with Crippen molar-refractivity contribution in [3.8, 4) is 0 Å². The van der Waals surface area contributed by atoms with Crippen molar-refractivity contribution in [3.05, 3.63) is 71.4 Å². The summed E-state index contributed by atoms with van der Waals surface area (Å²) in [6, 6.07) is 16.1. The van der Waals surface area contributed by atoms with Gasteiger partial charge in [0.2, 0.25) is 0 Å². The molecular weight excluding hydrogens is 248 g/mol. The topological polar surface area (TPSA) is 44.9 Å². The Balaban J connectivity index is 1.66. The number of aromatic nitrogens is 1. The predicted octanol–water partition coefficient (Wildman–Crippen LogP) is 3.27. The Morgan fingerprint density at radius 3 is 2.85 bits per heavy atom. The first-order chi connectivity index (χ1) is 9.86. The summed E-state index contributed by atoms with van der Waals surface area (Å²) < 4.78 is 0. The van der Waals surface area contributed by atoms with E-state index in [2.05, 4.69) is 34.6 Å². The zero-order valence-corrected chi connectivity index (χ0v) is 11.1. The summed E-state index contributed by atoms with van der Waals surface area (Å²) in [5, 5.41) is 4.60. The van der Waals surface area contributed by atoms with E-state index in [9.17, 15) is 4.79 Å². The first kappa shape index (κ1) is 12.6. The molecule has 20 heavy (non-hydrogen) atoms. The molecule has 2 aromatic carbocycles. The van der Waals surface area contributed by atoms with Crippen LogP contribution < -0.4 is 5.32 Å². The second kappa shape index (κ2) is 5.72. The minimum absolute atomic E-state index is 0.695. The number of carbonyl (C=O) groups is 1. The second-order valence-corrected chi connectivity index (χ2v) is 4.82. The molecule has 2 N–H and O–H groups in total. The SMILES string of the molecule is O=Cc1ccccc1CNCc1ccc2[nH]ccc2c1. The van der Waals surface area contributed by atoms with Gasteiger partial charge >= 0.3 is 0 Å². The number of rotatable bonds is 5. The van der Waals surface area contributed by atoms with E-state index in [1.807, 2.05) is 30.5 Å². The number of fused-ring (bicyclic) bond motifs is 1. The fourth-order valence-electron chi connectivity index (χ4n) is 2.36. The average Bonchev–Trinajstić information content (AvgIpc) is 2.95. The maximum atomic E-state index is 10.9. The maximum absolute atomic E-state index is 10.9. The van der Waals surface area contributed by atoms with Gasteiger partial charge in [0, 0.05) is 30.4 Å². The maximum Gasteiger partial charge on any atom is 0.150 e. The molecule has 3 aromatic rings. The highest BCUT2D eigenvalue weighted by atomic mass is 16.1. The first-order valence-corrected chi connectivity index (χ1v) is 6.66. The van der Waals surface area contributed by atoms with Gasteiger partial charge in [0.05, 0.1) is 0 Å². The van der Waals surface area contributed by atoms with Crippen LogP contribution in [-0.4, -0.2) is 11.3 Å². The lowest BCUT2D eigenvalue weighted by Gasteiger charge is -2.07. The summed E-state index contributed by atoms with van der Waals surface area (Å²) in [7, 11) is 0. The minimum atomic E-state index is 0.695. The summed E-state index contributed by atoms with van der Waals surface area (Å²) in [4.78, 5) is 14.1. The fraction of sp³-hybridized carbons (Fsp3) is 0.118. The molecule has 0 fully saturated rings. The Labute approximate surface area is 117 Å². The molecule has 1 aromatic heterocycles. The number of carbonyl (C=O) groups excluding carboxylic acids is 1. The molecule has 0 aliphatic rings. The zero-order valence-electron chi connectivity index (χ0n) is 11.1. The summed E-state index contributed by atoms with van der Waals surface area (Å²) in [6.45, 7) is 1.48. The number of hydrogen-bond acceptors (Lipinski definition) is 2. The van der Waals surface area contributed by atoms with Crippen molar-refractivity contribution in [1.29, 1.82) is 0 Å². The van der Waals surface area contributed by atoms with Gasteiger partial charge in [0.25, 0.3) is 0 Å². The number of aldehydes is 1. The highest BCUT2D eigenvalue weighted by Gasteiger charge is 2.01. The number of H-pyrrole nitrogens is 1. The van der Waals surface area contributed by atoms with Crippen molar-refractivity contribution < 1.29 is 4.79 Å². The number of aromatic amines is 1. The van der Waals surface area contributed by atoms with E-state index in [1.165, 1.54) is 10.9 Å². The normalized spacial score (nSPS) is 10.8. The van der Waals surface area contributed by atoms with Gasteiger partial charge < -0.3 is 10.3 Å². The second-order valence-electron chi connectivity index (χ2n) is 4.82. The van der Waals surface area contributed by atoms with Crippen LogP contribution >= 0.6 is 0 Å². The Hall–Kier alpha value is -2.39. The van der Waals surface area contributed by atoms with Gasteiger partial charge in [-0.2, -0.15) is 0 Å². The highest BCUT2D eigenvalue weighted by Crippen LogP contribution is 2.14. The van der Waals surface area contributed by atoms with Crippen molar-refractivity contribution in [2.24, 2.45) is 0 Å². The average molecular weight is 264 g/mol. The van der Waals surface area contributed by atoms with Crippen LogP contribution in [0.15, 0.2) is 54.7 Å². The van der Waals surface area contributed by atoms with E-state index in [-0.39, 0.29) is 0 Å². The van der Waals surface area contributed by atoms with Crippen LogP contribution in [0.3, 0.4) is 0 Å². The molecular formula is C17H16N2O. The van der Waals surface area contributed by atoms with E-state index < -0.39 is 0 Å². The quantitative estimate of drug-likeness (QED) is 0.695. The third-order valence-corrected chi connectivity index (χ3v) is 3.44. The van der Waals surface area contributed by atoms with Crippen LogP contribution in [0.4, 0.5) is 0 Å². The van der Waals surface area contributed by atoms with Gasteiger partial charge in [-0.3, -0.25) is 4.79 Å². The minimum Gasteiger partial charge on any atom is -0.361 e. The molecule has 0 saturated heterocycles. The lowest BCUT2D eigenvalue weighted by atomic mass is 10.1. The Bertz CT molecular complexity index is 730. The van der Waals surface area contributed by atoms with E-state index in [0.29, 0.717) is 6.54 Å². The molecule has 3 nitrogen and oxygen atoms in total. The van der Waals surface area contributed by atoms with Crippen LogP contribution in [0.2, 0.25) is 0 Å². The summed E-state index contributed by atoms with van der Waals surface area (Å²) in [6.07, 6.45) is 2.85. The van der Waals surface area contributed by atoms with Gasteiger partial charge in [0.1, 0.15) is 6.29 Å². The highest BCUT2D eigenvalue weighted by molar-refractivity contribution is 5.80. The number of hydrogen-bond donors (Lipinski definition) is 2. The predicted molar refractivity (Wildman–Crippen MR) is 80.7 cm³/mol. The molecule has 0 bridgehead atoms. The lowest BCUT2D eigenvalue weighted by Crippen LogP contribution is -2.13. The molecule has 3 rings (SSSR count). The van der Waals surface area contributed by atoms with E-state index >= 15 is 0 Å². The monoisotopic (exact) mass is 264 g/mol. The summed E-state index contributed by atoms with van der Waals surface area (Å²) >= 11 is 0. The van der Waals surface area contributed by atoms with Crippen LogP contribution in [0.25, 0.3) is 10.9 Å². The summed E-state index contributed by atoms with van der Waals surface area (Å²) in [5.41, 5.74) is 4.17. The van der Waals surface area contributed by atoms with Crippen molar-refractivity contribution >= 4 is 17.2 Å². The molecule has 0 spiro atoms. The zero-order chi connectivity index (χ0) is 13.8. The molecule has 0 aliphatic carbocycles. The van der Waals surface area contributed by atoms with Crippen LogP contribution in [-0.2, 0) is 13.1 Å². The van der Waals surface area contributed by atoms with Gasteiger partial charge in [-0.05, 0) is 34.7 Å². The third-order valence-electron chi connectivity index (χ3n) is 3.44. The van der Waals surface area contributed by atoms with E-state index in [0.717, 1.165) is 29.5 Å². The van der Waals surface area contributed by atoms with Crippen LogP contribution in [0.5, 0.6) is 0 Å². The Kier molecular flexibility index (Phi) is 3.61. The molecule has 0 aliphatic heterocycles. The first-order valence-electron chi connectivity index (χ1n) is 6.66. The molecule has 0 atom stereocenters. The number of benzene rings is 2. The van der Waals surface area contributed by atoms with Gasteiger partial charge in [-0.25, -0.2) is 0 Å². The molecule has 1 heterocycles.